The highest BCUT2D eigenvalue weighted by Gasteiger charge is 2.24. The number of amides is 1. The molecule has 0 bridgehead atoms. The van der Waals surface area contributed by atoms with E-state index in [1.807, 2.05) is 82.3 Å². The predicted molar refractivity (Wildman–Crippen MR) is 144 cm³/mol. The zero-order valence-electron chi connectivity index (χ0n) is 23.1. The van der Waals surface area contributed by atoms with Crippen LogP contribution in [-0.4, -0.2) is 34.6 Å². The summed E-state index contributed by atoms with van der Waals surface area (Å²) in [4.78, 5) is 24.5. The van der Waals surface area contributed by atoms with E-state index in [0.717, 1.165) is 34.0 Å². The maximum Gasteiger partial charge on any atom is 0.408 e. The van der Waals surface area contributed by atoms with E-state index in [1.165, 1.54) is 7.11 Å². The average Bonchev–Trinajstić information content (AvgIpc) is 3.16. The molecule has 0 aliphatic carbocycles. The number of nitrogens with one attached hydrogen (secondary N) is 1. The summed E-state index contributed by atoms with van der Waals surface area (Å²) in [5.41, 5.74) is 3.51. The summed E-state index contributed by atoms with van der Waals surface area (Å²) in [5, 5.41) is 7.45. The van der Waals surface area contributed by atoms with Gasteiger partial charge in [0.15, 0.2) is 5.75 Å². The van der Waals surface area contributed by atoms with Crippen molar-refractivity contribution in [1.29, 1.82) is 0 Å². The standard InChI is InChI=1S/C27H33N3O5.C2H6/c1-18-25(34-17-20-11-8-7-9-12-20)19(2)30(29-18)22-14-10-13-21(15-22)23(16-24(31)33-6)28-26(32)35-27(3,4)5;1-2/h7-15,23H,16-17H2,1-6H3,(H,28,32);1-2H3. The van der Waals surface area contributed by atoms with Gasteiger partial charge in [0.25, 0.3) is 0 Å². The third-order valence-corrected chi connectivity index (χ3v) is 5.26. The van der Waals surface area contributed by atoms with Crippen LogP contribution >= 0.6 is 0 Å². The number of benzene rings is 2. The lowest BCUT2D eigenvalue weighted by Crippen LogP contribution is -2.36. The molecule has 0 radical (unpaired) electrons. The second-order valence-electron chi connectivity index (χ2n) is 9.26. The molecular weight excluding hydrogens is 470 g/mol. The van der Waals surface area contributed by atoms with Crippen molar-refractivity contribution in [2.75, 3.05) is 7.11 Å². The lowest BCUT2D eigenvalue weighted by molar-refractivity contribution is -0.141. The Morgan fingerprint density at radius 1 is 1.03 bits per heavy atom. The van der Waals surface area contributed by atoms with Crippen molar-refractivity contribution in [1.82, 2.24) is 15.1 Å². The van der Waals surface area contributed by atoms with Gasteiger partial charge in [-0.3, -0.25) is 4.79 Å². The van der Waals surface area contributed by atoms with Crippen LogP contribution in [0.15, 0.2) is 54.6 Å². The summed E-state index contributed by atoms with van der Waals surface area (Å²) >= 11 is 0. The van der Waals surface area contributed by atoms with Crippen LogP contribution in [0, 0.1) is 13.8 Å². The zero-order chi connectivity index (χ0) is 27.6. The highest BCUT2D eigenvalue weighted by molar-refractivity contribution is 5.73. The Balaban J connectivity index is 0.00000235. The average molecular weight is 510 g/mol. The lowest BCUT2D eigenvalue weighted by atomic mass is 10.0. The van der Waals surface area contributed by atoms with Gasteiger partial charge in [-0.05, 0) is 57.9 Å². The fourth-order valence-electron chi connectivity index (χ4n) is 3.64. The molecule has 1 atom stereocenters. The van der Waals surface area contributed by atoms with Crippen LogP contribution < -0.4 is 10.1 Å². The van der Waals surface area contributed by atoms with Crippen LogP contribution in [0.25, 0.3) is 5.69 Å². The summed E-state index contributed by atoms with van der Waals surface area (Å²) in [6.07, 6.45) is -0.651. The van der Waals surface area contributed by atoms with Crippen LogP contribution in [0.4, 0.5) is 4.79 Å². The highest BCUT2D eigenvalue weighted by Crippen LogP contribution is 2.28. The number of rotatable bonds is 8. The van der Waals surface area contributed by atoms with Crippen molar-refractivity contribution in [3.63, 3.8) is 0 Å². The summed E-state index contributed by atoms with van der Waals surface area (Å²) in [6, 6.07) is 16.8. The van der Waals surface area contributed by atoms with E-state index < -0.39 is 23.7 Å². The number of nitrogens with zero attached hydrogens (tertiary/aromatic N) is 2. The Hall–Kier alpha value is -3.81. The van der Waals surface area contributed by atoms with Gasteiger partial charge in [-0.2, -0.15) is 5.10 Å². The van der Waals surface area contributed by atoms with Crippen molar-refractivity contribution in [2.45, 2.75) is 73.1 Å². The molecule has 1 aromatic heterocycles. The number of ether oxygens (including phenoxy) is 3. The smallest absolute Gasteiger partial charge is 0.408 e. The Morgan fingerprint density at radius 2 is 1.70 bits per heavy atom. The largest absolute Gasteiger partial charge is 0.485 e. The van der Waals surface area contributed by atoms with Crippen molar-refractivity contribution in [3.8, 4) is 11.4 Å². The second-order valence-corrected chi connectivity index (χ2v) is 9.26. The number of aromatic nitrogens is 2. The SMILES string of the molecule is CC.COC(=O)CC(NC(=O)OC(C)(C)C)c1cccc(-n2nc(C)c(OCc3ccccc3)c2C)c1. The summed E-state index contributed by atoms with van der Waals surface area (Å²) in [5.74, 6) is 0.274. The molecule has 8 nitrogen and oxygen atoms in total. The van der Waals surface area contributed by atoms with Gasteiger partial charge < -0.3 is 19.5 Å². The third-order valence-electron chi connectivity index (χ3n) is 5.26. The molecule has 1 unspecified atom stereocenters. The molecule has 3 rings (SSSR count). The van der Waals surface area contributed by atoms with E-state index in [9.17, 15) is 9.59 Å². The fraction of sp³-hybridized carbons (Fsp3) is 0.414. The molecule has 200 valence electrons. The summed E-state index contributed by atoms with van der Waals surface area (Å²) in [7, 11) is 1.32. The van der Waals surface area contributed by atoms with Crippen molar-refractivity contribution in [3.05, 3.63) is 77.1 Å². The van der Waals surface area contributed by atoms with Gasteiger partial charge in [0.2, 0.25) is 0 Å². The first-order valence-electron chi connectivity index (χ1n) is 12.5. The number of esters is 1. The van der Waals surface area contributed by atoms with Crippen LogP contribution in [0.3, 0.4) is 0 Å². The van der Waals surface area contributed by atoms with E-state index in [4.69, 9.17) is 14.2 Å². The number of methoxy groups -OCH3 is 1. The minimum absolute atomic E-state index is 0.0399. The molecule has 0 aliphatic rings. The van der Waals surface area contributed by atoms with Gasteiger partial charge in [0.1, 0.15) is 17.9 Å². The molecule has 37 heavy (non-hydrogen) atoms. The van der Waals surface area contributed by atoms with E-state index in [1.54, 1.807) is 25.5 Å². The summed E-state index contributed by atoms with van der Waals surface area (Å²) < 4.78 is 18.1. The zero-order valence-corrected chi connectivity index (χ0v) is 23.1. The molecule has 0 aliphatic heterocycles. The fourth-order valence-corrected chi connectivity index (χ4v) is 3.64. The molecule has 0 saturated carbocycles. The van der Waals surface area contributed by atoms with Crippen LogP contribution in [-0.2, 0) is 20.9 Å². The minimum Gasteiger partial charge on any atom is -0.485 e. The number of hydrogen-bond donors (Lipinski definition) is 1. The van der Waals surface area contributed by atoms with Crippen molar-refractivity contribution >= 4 is 12.1 Å². The maximum absolute atomic E-state index is 12.4. The van der Waals surface area contributed by atoms with Gasteiger partial charge in [-0.15, -0.1) is 0 Å². The van der Waals surface area contributed by atoms with E-state index >= 15 is 0 Å². The molecule has 1 N–H and O–H groups in total. The number of aryl methyl sites for hydroxylation is 1. The molecule has 1 heterocycles. The second kappa shape index (κ2) is 13.5. The first kappa shape index (κ1) is 29.4. The minimum atomic E-state index is -0.665. The monoisotopic (exact) mass is 509 g/mol. The van der Waals surface area contributed by atoms with E-state index in [0.29, 0.717) is 6.61 Å². The highest BCUT2D eigenvalue weighted by atomic mass is 16.6. The van der Waals surface area contributed by atoms with Crippen LogP contribution in [0.5, 0.6) is 5.75 Å². The van der Waals surface area contributed by atoms with Crippen molar-refractivity contribution < 1.29 is 23.8 Å². The topological polar surface area (TPSA) is 91.7 Å². The van der Waals surface area contributed by atoms with Crippen LogP contribution in [0.1, 0.15) is 69.6 Å². The Bertz CT molecular complexity index is 1170. The molecule has 3 aromatic rings. The van der Waals surface area contributed by atoms with Crippen LogP contribution in [0.2, 0.25) is 0 Å². The van der Waals surface area contributed by atoms with E-state index in [-0.39, 0.29) is 6.42 Å². The molecule has 2 aromatic carbocycles. The molecule has 1 amide bonds. The normalized spacial score (nSPS) is 11.6. The maximum atomic E-state index is 12.4. The van der Waals surface area contributed by atoms with Crippen molar-refractivity contribution in [2.24, 2.45) is 0 Å². The molecule has 8 heteroatoms. The van der Waals surface area contributed by atoms with Gasteiger partial charge in [0.05, 0.1) is 31.0 Å². The Morgan fingerprint density at radius 3 is 2.32 bits per heavy atom. The lowest BCUT2D eigenvalue weighted by Gasteiger charge is -2.23. The number of alkyl carbamates (subject to hydrolysis) is 1. The molecule has 0 fully saturated rings. The first-order chi connectivity index (χ1) is 17.6. The predicted octanol–water partition coefficient (Wildman–Crippen LogP) is 6.22. The molecular formula is C29H39N3O5. The van der Waals surface area contributed by atoms with Gasteiger partial charge in [0, 0.05) is 0 Å². The first-order valence-corrected chi connectivity index (χ1v) is 12.5. The summed E-state index contributed by atoms with van der Waals surface area (Å²) in [6.45, 7) is 13.6. The van der Waals surface area contributed by atoms with E-state index in [2.05, 4.69) is 10.4 Å². The number of hydrogen-bond acceptors (Lipinski definition) is 6. The van der Waals surface area contributed by atoms with Gasteiger partial charge in [-0.25, -0.2) is 9.48 Å². The quantitative estimate of drug-likeness (QED) is 0.362. The van der Waals surface area contributed by atoms with Gasteiger partial charge >= 0.3 is 12.1 Å². The Kier molecular flexibility index (Phi) is 10.7. The molecule has 0 spiro atoms. The number of carbonyl (C=O) groups is 2. The van der Waals surface area contributed by atoms with Gasteiger partial charge in [-0.1, -0.05) is 56.3 Å². The number of carbonyl (C=O) groups excluding carboxylic acids is 2. The third kappa shape index (κ3) is 8.66. The Labute approximate surface area is 219 Å². The molecule has 0 saturated heterocycles.